The summed E-state index contributed by atoms with van der Waals surface area (Å²) in [6.45, 7) is 3.86. The second-order valence-corrected chi connectivity index (χ2v) is 4.78. The van der Waals surface area contributed by atoms with Crippen LogP contribution in [0.25, 0.3) is 0 Å². The first kappa shape index (κ1) is 10.0. The van der Waals surface area contributed by atoms with Crippen LogP contribution in [0.4, 0.5) is 0 Å². The van der Waals surface area contributed by atoms with Gasteiger partial charge in [-0.05, 0) is 5.21 Å². The topological polar surface area (TPSA) is 43.6 Å². The third kappa shape index (κ3) is 2.21. The SMILES string of the molecule is CC(C)c1nnn(C(Cl)(Cl)Cl)n1. The van der Waals surface area contributed by atoms with Crippen molar-refractivity contribution in [3.05, 3.63) is 5.82 Å². The van der Waals surface area contributed by atoms with Gasteiger partial charge in [-0.2, -0.15) is 0 Å². The van der Waals surface area contributed by atoms with Gasteiger partial charge >= 0.3 is 3.92 Å². The minimum absolute atomic E-state index is 0.172. The van der Waals surface area contributed by atoms with Crippen LogP contribution in [0, 0.1) is 0 Å². The highest BCUT2D eigenvalue weighted by Crippen LogP contribution is 2.30. The van der Waals surface area contributed by atoms with Crippen molar-refractivity contribution in [2.75, 3.05) is 0 Å². The number of hydrogen-bond acceptors (Lipinski definition) is 3. The molecular formula is C5H7Cl3N4. The number of tetrazole rings is 1. The van der Waals surface area contributed by atoms with Crippen LogP contribution >= 0.6 is 34.8 Å². The minimum Gasteiger partial charge on any atom is -0.132 e. The van der Waals surface area contributed by atoms with Crippen LogP contribution in [-0.2, 0) is 3.92 Å². The number of halogens is 3. The lowest BCUT2D eigenvalue weighted by atomic mass is 10.2. The fourth-order valence-corrected chi connectivity index (χ4v) is 0.778. The van der Waals surface area contributed by atoms with E-state index in [2.05, 4.69) is 15.4 Å². The van der Waals surface area contributed by atoms with Gasteiger partial charge in [-0.25, -0.2) is 0 Å². The number of alkyl halides is 3. The Kier molecular flexibility index (Phi) is 2.81. The van der Waals surface area contributed by atoms with Crippen molar-refractivity contribution in [1.82, 2.24) is 20.2 Å². The maximum Gasteiger partial charge on any atom is 0.305 e. The van der Waals surface area contributed by atoms with E-state index in [1.54, 1.807) is 0 Å². The van der Waals surface area contributed by atoms with Crippen LogP contribution in [0.15, 0.2) is 0 Å². The molecular weight excluding hydrogens is 222 g/mol. The van der Waals surface area contributed by atoms with Crippen molar-refractivity contribution in [3.8, 4) is 0 Å². The lowest BCUT2D eigenvalue weighted by Crippen LogP contribution is -2.16. The molecule has 1 aromatic rings. The fourth-order valence-electron chi connectivity index (χ4n) is 0.564. The minimum atomic E-state index is -1.65. The first-order chi connectivity index (χ1) is 5.41. The molecule has 68 valence electrons. The molecule has 0 saturated carbocycles. The summed E-state index contributed by atoms with van der Waals surface area (Å²) < 4.78 is -1.65. The third-order valence-corrected chi connectivity index (χ3v) is 1.63. The number of aromatic nitrogens is 4. The smallest absolute Gasteiger partial charge is 0.132 e. The van der Waals surface area contributed by atoms with E-state index in [1.807, 2.05) is 13.8 Å². The van der Waals surface area contributed by atoms with Crippen LogP contribution in [0.2, 0.25) is 0 Å². The highest BCUT2D eigenvalue weighted by Gasteiger charge is 2.26. The Hall–Kier alpha value is -0.0600. The quantitative estimate of drug-likeness (QED) is 0.693. The summed E-state index contributed by atoms with van der Waals surface area (Å²) in [7, 11) is 0. The Bertz CT molecular complexity index is 264. The maximum absolute atomic E-state index is 5.51. The molecule has 0 aliphatic carbocycles. The predicted molar refractivity (Wildman–Crippen MR) is 47.4 cm³/mol. The Morgan fingerprint density at radius 1 is 1.33 bits per heavy atom. The number of rotatable bonds is 1. The monoisotopic (exact) mass is 228 g/mol. The average Bonchev–Trinajstić information content (AvgIpc) is 2.30. The maximum atomic E-state index is 5.51. The Balaban J connectivity index is 2.92. The van der Waals surface area contributed by atoms with Gasteiger partial charge in [0.05, 0.1) is 0 Å². The molecule has 0 unspecified atom stereocenters. The molecule has 0 amide bonds. The zero-order valence-corrected chi connectivity index (χ0v) is 8.77. The molecule has 1 rings (SSSR count). The van der Waals surface area contributed by atoms with Gasteiger partial charge < -0.3 is 0 Å². The van der Waals surface area contributed by atoms with Crippen molar-refractivity contribution in [3.63, 3.8) is 0 Å². The zero-order chi connectivity index (χ0) is 9.35. The molecule has 12 heavy (non-hydrogen) atoms. The van der Waals surface area contributed by atoms with Gasteiger partial charge in [-0.1, -0.05) is 48.7 Å². The molecule has 1 aromatic heterocycles. The van der Waals surface area contributed by atoms with E-state index in [9.17, 15) is 0 Å². The molecule has 0 saturated heterocycles. The van der Waals surface area contributed by atoms with Gasteiger partial charge in [0, 0.05) is 5.92 Å². The van der Waals surface area contributed by atoms with E-state index in [0.717, 1.165) is 4.80 Å². The van der Waals surface area contributed by atoms with Crippen molar-refractivity contribution in [1.29, 1.82) is 0 Å². The lowest BCUT2D eigenvalue weighted by Gasteiger charge is -2.06. The average molecular weight is 229 g/mol. The highest BCUT2D eigenvalue weighted by atomic mass is 35.6. The van der Waals surface area contributed by atoms with Crippen LogP contribution in [0.3, 0.4) is 0 Å². The second kappa shape index (κ2) is 3.36. The van der Waals surface area contributed by atoms with Crippen molar-refractivity contribution >= 4 is 34.8 Å². The lowest BCUT2D eigenvalue weighted by molar-refractivity contribution is 0.556. The normalized spacial score (nSPS) is 12.5. The largest absolute Gasteiger partial charge is 0.305 e. The van der Waals surface area contributed by atoms with E-state index in [1.165, 1.54) is 0 Å². The van der Waals surface area contributed by atoms with E-state index in [0.29, 0.717) is 5.82 Å². The van der Waals surface area contributed by atoms with Crippen LogP contribution in [-0.4, -0.2) is 20.2 Å². The molecule has 0 aliphatic rings. The van der Waals surface area contributed by atoms with E-state index >= 15 is 0 Å². The molecule has 0 spiro atoms. The molecule has 7 heteroatoms. The van der Waals surface area contributed by atoms with Gasteiger partial charge in [0.2, 0.25) is 0 Å². The number of nitrogens with zero attached hydrogens (tertiary/aromatic N) is 4. The molecule has 1 heterocycles. The van der Waals surface area contributed by atoms with Gasteiger partial charge in [0.1, 0.15) is 0 Å². The summed E-state index contributed by atoms with van der Waals surface area (Å²) in [5, 5.41) is 11.2. The van der Waals surface area contributed by atoms with Crippen molar-refractivity contribution < 1.29 is 0 Å². The van der Waals surface area contributed by atoms with Crippen LogP contribution < -0.4 is 0 Å². The summed E-state index contributed by atoms with van der Waals surface area (Å²) in [5.74, 6) is 0.729. The zero-order valence-electron chi connectivity index (χ0n) is 6.50. The van der Waals surface area contributed by atoms with Gasteiger partial charge in [0.15, 0.2) is 5.82 Å². The summed E-state index contributed by atoms with van der Waals surface area (Å²) in [4.78, 5) is 0.951. The first-order valence-electron chi connectivity index (χ1n) is 3.28. The molecule has 0 bridgehead atoms. The molecule has 0 aromatic carbocycles. The molecule has 0 N–H and O–H groups in total. The third-order valence-electron chi connectivity index (χ3n) is 1.17. The Morgan fingerprint density at radius 2 is 1.92 bits per heavy atom. The summed E-state index contributed by atoms with van der Waals surface area (Å²) in [6.07, 6.45) is 0. The number of hydrogen-bond donors (Lipinski definition) is 0. The Morgan fingerprint density at radius 3 is 2.17 bits per heavy atom. The predicted octanol–water partition coefficient (Wildman–Crippen LogP) is 2.08. The standard InChI is InChI=1S/C5H7Cl3N4/c1-3(2)4-9-11-12(10-4)5(6,7)8/h3H,1-2H3. The van der Waals surface area contributed by atoms with Gasteiger partial charge in [0.25, 0.3) is 0 Å². The Labute approximate surface area is 84.8 Å². The van der Waals surface area contributed by atoms with Crippen LogP contribution in [0.5, 0.6) is 0 Å². The van der Waals surface area contributed by atoms with Crippen LogP contribution in [0.1, 0.15) is 25.6 Å². The summed E-state index contributed by atoms with van der Waals surface area (Å²) in [5.41, 5.74) is 0. The van der Waals surface area contributed by atoms with Crippen molar-refractivity contribution in [2.24, 2.45) is 0 Å². The van der Waals surface area contributed by atoms with E-state index in [-0.39, 0.29) is 5.92 Å². The van der Waals surface area contributed by atoms with E-state index < -0.39 is 3.92 Å². The molecule has 0 aliphatic heterocycles. The summed E-state index contributed by atoms with van der Waals surface area (Å²) >= 11 is 16.5. The van der Waals surface area contributed by atoms with Gasteiger partial charge in [-0.3, -0.25) is 0 Å². The van der Waals surface area contributed by atoms with Crippen molar-refractivity contribution in [2.45, 2.75) is 23.7 Å². The molecule has 4 nitrogen and oxygen atoms in total. The molecule has 0 fully saturated rings. The fraction of sp³-hybridized carbons (Fsp3) is 0.800. The highest BCUT2D eigenvalue weighted by molar-refractivity contribution is 6.64. The molecule has 0 atom stereocenters. The second-order valence-electron chi connectivity index (χ2n) is 2.56. The molecule has 0 radical (unpaired) electrons. The van der Waals surface area contributed by atoms with Gasteiger partial charge in [-0.15, -0.1) is 15.0 Å². The summed E-state index contributed by atoms with van der Waals surface area (Å²) in [6, 6.07) is 0. The first-order valence-corrected chi connectivity index (χ1v) is 4.42. The van der Waals surface area contributed by atoms with E-state index in [4.69, 9.17) is 34.8 Å².